The zero-order valence-electron chi connectivity index (χ0n) is 14.0. The lowest BCUT2D eigenvalue weighted by Crippen LogP contribution is -2.33. The average Bonchev–Trinajstić information content (AvgIpc) is 2.89. The number of aromatic nitrogens is 3. The molecule has 0 saturated heterocycles. The minimum Gasteiger partial charge on any atom is -0.481 e. The largest absolute Gasteiger partial charge is 0.481 e. The van der Waals surface area contributed by atoms with Gasteiger partial charge in [0.15, 0.2) is 0 Å². The summed E-state index contributed by atoms with van der Waals surface area (Å²) in [5, 5.41) is 0.971. The van der Waals surface area contributed by atoms with Crippen LogP contribution >= 0.6 is 0 Å². The maximum Gasteiger partial charge on any atom is 0.253 e. The Balaban J connectivity index is 1.59. The molecule has 0 radical (unpaired) electrons. The number of rotatable bonds is 2. The number of benzene rings is 1. The molecule has 0 spiro atoms. The van der Waals surface area contributed by atoms with Crippen molar-refractivity contribution in [2.75, 3.05) is 20.2 Å². The second-order valence-electron chi connectivity index (χ2n) is 6.01. The molecule has 3 aromatic rings. The topological polar surface area (TPSA) is 68.2 Å². The number of carbonyl (C=O) groups is 1. The van der Waals surface area contributed by atoms with Crippen molar-refractivity contribution in [3.05, 3.63) is 59.7 Å². The number of pyridine rings is 1. The fraction of sp³-hybridized carbons (Fsp3) is 0.263. The molecule has 1 aliphatic heterocycles. The van der Waals surface area contributed by atoms with Gasteiger partial charge in [-0.05, 0) is 30.7 Å². The van der Waals surface area contributed by atoms with Crippen LogP contribution in [0.1, 0.15) is 21.6 Å². The highest BCUT2D eigenvalue weighted by Gasteiger charge is 2.23. The standard InChI is InChI=1S/C19H18N4O2/c1-25-18-15-6-9-23(10-7-17(15)21-12-22-18)19(24)14-4-5-16-13(11-14)3-2-8-20-16/h2-5,8,11-12H,6-7,9-10H2,1H3. The molecule has 6 heteroatoms. The van der Waals surface area contributed by atoms with E-state index in [0.717, 1.165) is 22.2 Å². The molecule has 1 amide bonds. The summed E-state index contributed by atoms with van der Waals surface area (Å²) >= 11 is 0. The molecule has 0 saturated carbocycles. The number of methoxy groups -OCH3 is 1. The zero-order chi connectivity index (χ0) is 17.2. The number of amides is 1. The Morgan fingerprint density at radius 1 is 1.12 bits per heavy atom. The lowest BCUT2D eigenvalue weighted by Gasteiger charge is -2.20. The van der Waals surface area contributed by atoms with Crippen LogP contribution in [-0.4, -0.2) is 46.0 Å². The molecule has 25 heavy (non-hydrogen) atoms. The first-order chi connectivity index (χ1) is 12.3. The van der Waals surface area contributed by atoms with E-state index in [-0.39, 0.29) is 5.91 Å². The molecule has 0 aliphatic carbocycles. The van der Waals surface area contributed by atoms with Crippen molar-refractivity contribution in [1.82, 2.24) is 19.9 Å². The van der Waals surface area contributed by atoms with Gasteiger partial charge >= 0.3 is 0 Å². The smallest absolute Gasteiger partial charge is 0.253 e. The summed E-state index contributed by atoms with van der Waals surface area (Å²) in [4.78, 5) is 27.6. The lowest BCUT2D eigenvalue weighted by atomic mass is 10.1. The van der Waals surface area contributed by atoms with Crippen LogP contribution in [0.15, 0.2) is 42.9 Å². The van der Waals surface area contributed by atoms with Crippen LogP contribution in [0.3, 0.4) is 0 Å². The second kappa shape index (κ2) is 6.47. The number of hydrogen-bond acceptors (Lipinski definition) is 5. The summed E-state index contributed by atoms with van der Waals surface area (Å²) in [6, 6.07) is 9.49. The summed E-state index contributed by atoms with van der Waals surface area (Å²) in [5.41, 5.74) is 3.54. The number of fused-ring (bicyclic) bond motifs is 2. The minimum atomic E-state index is 0.0329. The molecule has 126 valence electrons. The average molecular weight is 334 g/mol. The molecule has 0 bridgehead atoms. The number of nitrogens with zero attached hydrogens (tertiary/aromatic N) is 4. The van der Waals surface area contributed by atoms with Crippen LogP contribution in [0, 0.1) is 0 Å². The first-order valence-electron chi connectivity index (χ1n) is 8.27. The quantitative estimate of drug-likeness (QED) is 0.719. The van der Waals surface area contributed by atoms with Gasteiger partial charge in [-0.2, -0.15) is 0 Å². The Morgan fingerprint density at radius 3 is 2.88 bits per heavy atom. The van der Waals surface area contributed by atoms with Gasteiger partial charge in [0.2, 0.25) is 5.88 Å². The SMILES string of the molecule is COc1ncnc2c1CCN(C(=O)c1ccc3ncccc3c1)CC2. The van der Waals surface area contributed by atoms with E-state index in [2.05, 4.69) is 15.0 Å². The highest BCUT2D eigenvalue weighted by atomic mass is 16.5. The third-order valence-electron chi connectivity index (χ3n) is 4.58. The fourth-order valence-electron chi connectivity index (χ4n) is 3.27. The van der Waals surface area contributed by atoms with Gasteiger partial charge in [-0.1, -0.05) is 6.07 Å². The van der Waals surface area contributed by atoms with Crippen LogP contribution < -0.4 is 4.74 Å². The van der Waals surface area contributed by atoms with Crippen molar-refractivity contribution in [3.8, 4) is 5.88 Å². The number of carbonyl (C=O) groups excluding carboxylic acids is 1. The van der Waals surface area contributed by atoms with E-state index >= 15 is 0 Å². The van der Waals surface area contributed by atoms with Gasteiger partial charge in [0.05, 0.1) is 18.3 Å². The van der Waals surface area contributed by atoms with Crippen molar-refractivity contribution >= 4 is 16.8 Å². The predicted molar refractivity (Wildman–Crippen MR) is 93.6 cm³/mol. The molecule has 0 atom stereocenters. The summed E-state index contributed by atoms with van der Waals surface area (Å²) in [6.07, 6.45) is 4.67. The molecule has 0 fully saturated rings. The highest BCUT2D eigenvalue weighted by molar-refractivity contribution is 5.98. The summed E-state index contributed by atoms with van der Waals surface area (Å²) < 4.78 is 5.34. The van der Waals surface area contributed by atoms with Crippen LogP contribution in [-0.2, 0) is 12.8 Å². The summed E-state index contributed by atoms with van der Waals surface area (Å²) in [6.45, 7) is 1.26. The third-order valence-corrected chi connectivity index (χ3v) is 4.58. The monoisotopic (exact) mass is 334 g/mol. The van der Waals surface area contributed by atoms with Crippen LogP contribution in [0.5, 0.6) is 5.88 Å². The van der Waals surface area contributed by atoms with Crippen molar-refractivity contribution in [3.63, 3.8) is 0 Å². The molecule has 2 aromatic heterocycles. The minimum absolute atomic E-state index is 0.0329. The van der Waals surface area contributed by atoms with Gasteiger partial charge in [-0.3, -0.25) is 9.78 Å². The Kier molecular flexibility index (Phi) is 4.01. The van der Waals surface area contributed by atoms with E-state index in [1.165, 1.54) is 6.33 Å². The molecular formula is C19H18N4O2. The van der Waals surface area contributed by atoms with Crippen molar-refractivity contribution in [2.24, 2.45) is 0 Å². The molecule has 0 unspecified atom stereocenters. The van der Waals surface area contributed by atoms with E-state index in [1.807, 2.05) is 35.2 Å². The Bertz CT molecular complexity index is 942. The van der Waals surface area contributed by atoms with Crippen LogP contribution in [0.25, 0.3) is 10.9 Å². The van der Waals surface area contributed by atoms with Gasteiger partial charge in [0.1, 0.15) is 6.33 Å². The van der Waals surface area contributed by atoms with E-state index in [9.17, 15) is 4.79 Å². The first kappa shape index (κ1) is 15.5. The van der Waals surface area contributed by atoms with E-state index in [4.69, 9.17) is 4.74 Å². The maximum atomic E-state index is 12.9. The Morgan fingerprint density at radius 2 is 2.00 bits per heavy atom. The number of ether oxygens (including phenoxy) is 1. The van der Waals surface area contributed by atoms with Gasteiger partial charge in [-0.15, -0.1) is 0 Å². The normalized spacial score (nSPS) is 14.0. The zero-order valence-corrected chi connectivity index (χ0v) is 14.0. The molecule has 0 N–H and O–H groups in total. The van der Waals surface area contributed by atoms with Crippen LogP contribution in [0.4, 0.5) is 0 Å². The van der Waals surface area contributed by atoms with Gasteiger partial charge in [0, 0.05) is 42.2 Å². The third kappa shape index (κ3) is 2.91. The van der Waals surface area contributed by atoms with Crippen molar-refractivity contribution in [1.29, 1.82) is 0 Å². The molecule has 4 rings (SSSR count). The lowest BCUT2D eigenvalue weighted by molar-refractivity contribution is 0.0763. The number of hydrogen-bond donors (Lipinski definition) is 0. The van der Waals surface area contributed by atoms with Crippen LogP contribution in [0.2, 0.25) is 0 Å². The van der Waals surface area contributed by atoms with Gasteiger partial charge in [0.25, 0.3) is 5.91 Å². The Hall–Kier alpha value is -3.02. The fourth-order valence-corrected chi connectivity index (χ4v) is 3.27. The molecule has 1 aliphatic rings. The highest BCUT2D eigenvalue weighted by Crippen LogP contribution is 2.23. The first-order valence-corrected chi connectivity index (χ1v) is 8.27. The molecular weight excluding hydrogens is 316 g/mol. The van der Waals surface area contributed by atoms with Gasteiger partial charge < -0.3 is 9.64 Å². The maximum absolute atomic E-state index is 12.9. The van der Waals surface area contributed by atoms with E-state index in [0.29, 0.717) is 37.4 Å². The Labute approximate surface area is 145 Å². The molecule has 6 nitrogen and oxygen atoms in total. The molecule has 1 aromatic carbocycles. The van der Waals surface area contributed by atoms with Crippen molar-refractivity contribution < 1.29 is 9.53 Å². The molecule has 3 heterocycles. The summed E-state index contributed by atoms with van der Waals surface area (Å²) in [5.74, 6) is 0.640. The second-order valence-corrected chi connectivity index (χ2v) is 6.01. The van der Waals surface area contributed by atoms with Gasteiger partial charge in [-0.25, -0.2) is 9.97 Å². The van der Waals surface area contributed by atoms with Crippen molar-refractivity contribution in [2.45, 2.75) is 12.8 Å². The summed E-state index contributed by atoms with van der Waals surface area (Å²) in [7, 11) is 1.61. The predicted octanol–water partition coefficient (Wildman–Crippen LogP) is 2.27. The van der Waals surface area contributed by atoms with E-state index in [1.54, 1.807) is 13.3 Å². The van der Waals surface area contributed by atoms with E-state index < -0.39 is 0 Å².